The van der Waals surface area contributed by atoms with Crippen LogP contribution in [0.4, 0.5) is 32.1 Å². The molecule has 3 heterocycles. The van der Waals surface area contributed by atoms with E-state index in [2.05, 4.69) is 25.1 Å². The summed E-state index contributed by atoms with van der Waals surface area (Å²) >= 11 is 0. The number of benzene rings is 1. The van der Waals surface area contributed by atoms with Gasteiger partial charge in [0.1, 0.15) is 22.3 Å². The summed E-state index contributed by atoms with van der Waals surface area (Å²) in [5, 5.41) is 7.08. The largest absolute Gasteiger partial charge is 0.384 e. The van der Waals surface area contributed by atoms with Crippen LogP contribution in [0.1, 0.15) is 0 Å². The first-order chi connectivity index (χ1) is 13.7. The van der Waals surface area contributed by atoms with Crippen LogP contribution in [-0.2, 0) is 9.84 Å². The second-order valence-electron chi connectivity index (χ2n) is 6.10. The number of sulfone groups is 1. The molecule has 3 aromatic heterocycles. The van der Waals surface area contributed by atoms with Crippen molar-refractivity contribution < 1.29 is 17.2 Å². The molecular weight excluding hydrogens is 404 g/mol. The van der Waals surface area contributed by atoms with Crippen molar-refractivity contribution in [1.82, 2.24) is 25.1 Å². The highest BCUT2D eigenvalue weighted by atomic mass is 32.2. The third kappa shape index (κ3) is 3.45. The van der Waals surface area contributed by atoms with E-state index in [1.807, 2.05) is 0 Å². The number of pyridine rings is 1. The number of nitrogen functional groups attached to an aromatic ring is 1. The van der Waals surface area contributed by atoms with Gasteiger partial charge in [-0.05, 0) is 30.3 Å². The Bertz CT molecular complexity index is 1340. The molecule has 4 rings (SSSR count). The van der Waals surface area contributed by atoms with Gasteiger partial charge in [-0.2, -0.15) is 10.1 Å². The number of anilines is 4. The van der Waals surface area contributed by atoms with Gasteiger partial charge in [0.15, 0.2) is 21.3 Å². The highest BCUT2D eigenvalue weighted by Crippen LogP contribution is 2.36. The lowest BCUT2D eigenvalue weighted by Gasteiger charge is -2.21. The predicted octanol–water partition coefficient (Wildman–Crippen LogP) is 2.48. The molecular formula is C17H13F2N7O2S. The molecule has 4 aromatic rings. The van der Waals surface area contributed by atoms with Gasteiger partial charge in [-0.1, -0.05) is 0 Å². The van der Waals surface area contributed by atoms with Crippen LogP contribution in [-0.4, -0.2) is 39.8 Å². The number of aromatic amines is 1. The lowest BCUT2D eigenvalue weighted by Crippen LogP contribution is -2.16. The fourth-order valence-electron chi connectivity index (χ4n) is 2.75. The van der Waals surface area contributed by atoms with E-state index in [1.165, 1.54) is 29.3 Å². The summed E-state index contributed by atoms with van der Waals surface area (Å²) in [6, 6.07) is 6.09. The molecule has 148 valence electrons. The van der Waals surface area contributed by atoms with Crippen molar-refractivity contribution in [2.75, 3.05) is 16.9 Å². The summed E-state index contributed by atoms with van der Waals surface area (Å²) in [4.78, 5) is 13.0. The van der Waals surface area contributed by atoms with Gasteiger partial charge in [0.25, 0.3) is 0 Å². The fourth-order valence-corrected chi connectivity index (χ4v) is 3.51. The van der Waals surface area contributed by atoms with Crippen LogP contribution in [0.2, 0.25) is 0 Å². The number of nitrogens with one attached hydrogen (secondary N) is 1. The topological polar surface area (TPSA) is 131 Å². The Morgan fingerprint density at radius 1 is 1.14 bits per heavy atom. The Morgan fingerprint density at radius 2 is 1.93 bits per heavy atom. The zero-order chi connectivity index (χ0) is 20.8. The molecule has 0 aliphatic carbocycles. The molecule has 12 heteroatoms. The molecule has 0 unspecified atom stereocenters. The molecule has 0 radical (unpaired) electrons. The first kappa shape index (κ1) is 18.7. The van der Waals surface area contributed by atoms with Crippen molar-refractivity contribution in [1.29, 1.82) is 0 Å². The predicted molar refractivity (Wildman–Crippen MR) is 102 cm³/mol. The molecule has 0 spiro atoms. The molecule has 0 fully saturated rings. The zero-order valence-corrected chi connectivity index (χ0v) is 15.7. The van der Waals surface area contributed by atoms with Crippen molar-refractivity contribution in [2.24, 2.45) is 0 Å². The molecule has 9 nitrogen and oxygen atoms in total. The summed E-state index contributed by atoms with van der Waals surface area (Å²) in [7, 11) is -3.87. The van der Waals surface area contributed by atoms with E-state index in [4.69, 9.17) is 5.73 Å². The van der Waals surface area contributed by atoms with Crippen molar-refractivity contribution in [3.8, 4) is 0 Å². The zero-order valence-electron chi connectivity index (χ0n) is 14.8. The number of halogens is 2. The summed E-state index contributed by atoms with van der Waals surface area (Å²) in [6.07, 6.45) is 3.30. The molecule has 0 aliphatic heterocycles. The van der Waals surface area contributed by atoms with E-state index in [9.17, 15) is 17.2 Å². The minimum Gasteiger partial charge on any atom is -0.384 e. The molecule has 0 atom stereocenters. The van der Waals surface area contributed by atoms with Gasteiger partial charge < -0.3 is 5.73 Å². The number of aromatic nitrogens is 5. The van der Waals surface area contributed by atoms with Gasteiger partial charge in [0.05, 0.1) is 17.3 Å². The Labute approximate surface area is 163 Å². The number of nitrogens with two attached hydrogens (primary N) is 1. The highest BCUT2D eigenvalue weighted by Gasteiger charge is 2.24. The second kappa shape index (κ2) is 6.74. The maximum atomic E-state index is 14.1. The normalized spacial score (nSPS) is 11.7. The first-order valence-electron chi connectivity index (χ1n) is 8.12. The van der Waals surface area contributed by atoms with Gasteiger partial charge in [-0.3, -0.25) is 10.00 Å². The van der Waals surface area contributed by atoms with E-state index in [1.54, 1.807) is 0 Å². The number of fused-ring (bicyclic) bond motifs is 1. The third-order valence-corrected chi connectivity index (χ3v) is 5.12. The van der Waals surface area contributed by atoms with E-state index >= 15 is 0 Å². The summed E-state index contributed by atoms with van der Waals surface area (Å²) in [5.41, 5.74) is 6.21. The van der Waals surface area contributed by atoms with Crippen molar-refractivity contribution in [3.63, 3.8) is 0 Å². The van der Waals surface area contributed by atoms with E-state index in [0.29, 0.717) is 0 Å². The van der Waals surface area contributed by atoms with Crippen molar-refractivity contribution in [2.45, 2.75) is 4.90 Å². The van der Waals surface area contributed by atoms with Crippen LogP contribution in [0, 0.1) is 11.6 Å². The minimum absolute atomic E-state index is 0.0220. The van der Waals surface area contributed by atoms with Gasteiger partial charge in [0, 0.05) is 12.5 Å². The fraction of sp³-hybridized carbons (Fsp3) is 0.0588. The Balaban J connectivity index is 2.01. The van der Waals surface area contributed by atoms with Crippen LogP contribution in [0.5, 0.6) is 0 Å². The van der Waals surface area contributed by atoms with E-state index in [-0.39, 0.29) is 34.3 Å². The van der Waals surface area contributed by atoms with Crippen LogP contribution in [0.25, 0.3) is 11.0 Å². The van der Waals surface area contributed by atoms with Crippen molar-refractivity contribution in [3.05, 3.63) is 54.4 Å². The van der Waals surface area contributed by atoms with Crippen molar-refractivity contribution >= 4 is 44.1 Å². The minimum atomic E-state index is -3.87. The molecule has 3 N–H and O–H groups in total. The molecule has 0 aliphatic rings. The van der Waals surface area contributed by atoms with Gasteiger partial charge in [-0.15, -0.1) is 0 Å². The van der Waals surface area contributed by atoms with E-state index < -0.39 is 26.4 Å². The summed E-state index contributed by atoms with van der Waals surface area (Å²) in [5.74, 6) is -1.24. The summed E-state index contributed by atoms with van der Waals surface area (Å²) in [6.45, 7) is 0. The van der Waals surface area contributed by atoms with Gasteiger partial charge in [0.2, 0.25) is 5.95 Å². The standard InChI is InChI=1S/C17H13F2N7O2S/c1-29(27,28)13-7-10(2-3-12(13)19)26(17-21-5-4-14(20)23-17)16-11-6-9(18)8-22-15(11)24-25-16/h2-8H,1H3,(H2,20,21,23)(H,22,24,25). The lowest BCUT2D eigenvalue weighted by atomic mass is 10.2. The average Bonchev–Trinajstić information content (AvgIpc) is 3.05. The number of rotatable bonds is 4. The highest BCUT2D eigenvalue weighted by molar-refractivity contribution is 7.90. The van der Waals surface area contributed by atoms with Crippen LogP contribution >= 0.6 is 0 Å². The number of hydrogen-bond donors (Lipinski definition) is 2. The molecule has 0 bridgehead atoms. The van der Waals surface area contributed by atoms with Crippen LogP contribution in [0.3, 0.4) is 0 Å². The Morgan fingerprint density at radius 3 is 2.66 bits per heavy atom. The Kier molecular flexibility index (Phi) is 4.34. The maximum Gasteiger partial charge on any atom is 0.237 e. The quantitative estimate of drug-likeness (QED) is 0.518. The Hall–Kier alpha value is -3.67. The molecule has 1 aromatic carbocycles. The van der Waals surface area contributed by atoms with Crippen LogP contribution < -0.4 is 10.6 Å². The monoisotopic (exact) mass is 417 g/mol. The first-order valence-corrected chi connectivity index (χ1v) is 10.0. The molecule has 29 heavy (non-hydrogen) atoms. The maximum absolute atomic E-state index is 14.1. The van der Waals surface area contributed by atoms with Crippen LogP contribution in [0.15, 0.2) is 47.6 Å². The van der Waals surface area contributed by atoms with Gasteiger partial charge >= 0.3 is 0 Å². The molecule has 0 saturated heterocycles. The summed E-state index contributed by atoms with van der Waals surface area (Å²) < 4.78 is 51.9. The number of nitrogens with zero attached hydrogens (tertiary/aromatic N) is 5. The molecule has 0 amide bonds. The average molecular weight is 417 g/mol. The number of H-pyrrole nitrogens is 1. The smallest absolute Gasteiger partial charge is 0.237 e. The van der Waals surface area contributed by atoms with E-state index in [0.717, 1.165) is 24.6 Å². The molecule has 0 saturated carbocycles. The lowest BCUT2D eigenvalue weighted by molar-refractivity contribution is 0.571. The second-order valence-corrected chi connectivity index (χ2v) is 8.08. The van der Waals surface area contributed by atoms with Gasteiger partial charge in [-0.25, -0.2) is 27.2 Å². The number of hydrogen-bond acceptors (Lipinski definition) is 8. The third-order valence-electron chi connectivity index (χ3n) is 4.01. The SMILES string of the molecule is CS(=O)(=O)c1cc(N(c2nccc(N)n2)c2n[nH]c3ncc(F)cc23)ccc1F.